The van der Waals surface area contributed by atoms with E-state index in [4.69, 9.17) is 13.9 Å². The molecule has 146 valence electrons. The van der Waals surface area contributed by atoms with Gasteiger partial charge in [-0.3, -0.25) is 9.69 Å². The molecule has 3 heterocycles. The molecule has 3 aromatic rings. The van der Waals surface area contributed by atoms with Crippen LogP contribution in [0.25, 0.3) is 11.6 Å². The minimum absolute atomic E-state index is 0.0314. The monoisotopic (exact) mass is 383 g/mol. The number of aromatic hydroxyl groups is 1. The van der Waals surface area contributed by atoms with Gasteiger partial charge in [-0.25, -0.2) is 4.98 Å². The number of furan rings is 1. The Balaban J connectivity index is 1.59. The van der Waals surface area contributed by atoms with Crippen molar-refractivity contribution >= 4 is 0 Å². The Labute approximate surface area is 161 Å². The Kier molecular flexibility index (Phi) is 4.79. The number of phenols is 1. The van der Waals surface area contributed by atoms with Gasteiger partial charge in [-0.15, -0.1) is 0 Å². The summed E-state index contributed by atoms with van der Waals surface area (Å²) in [5.74, 6) is 1.78. The Morgan fingerprint density at radius 2 is 2.18 bits per heavy atom. The molecule has 28 heavy (non-hydrogen) atoms. The van der Waals surface area contributed by atoms with Gasteiger partial charge in [-0.05, 0) is 36.2 Å². The van der Waals surface area contributed by atoms with Crippen molar-refractivity contribution in [3.05, 3.63) is 57.7 Å². The van der Waals surface area contributed by atoms with Crippen molar-refractivity contribution in [3.8, 4) is 28.8 Å². The number of methoxy groups -OCH3 is 2. The van der Waals surface area contributed by atoms with Crippen molar-refractivity contribution in [1.82, 2.24) is 14.9 Å². The average Bonchev–Trinajstić information content (AvgIpc) is 3.22. The number of nitrogens with one attached hydrogen (secondary N) is 1. The largest absolute Gasteiger partial charge is 0.504 e. The molecule has 8 heteroatoms. The lowest BCUT2D eigenvalue weighted by Crippen LogP contribution is -2.35. The predicted octanol–water partition coefficient (Wildman–Crippen LogP) is 2.31. The normalized spacial score (nSPS) is 13.9. The number of rotatable bonds is 5. The summed E-state index contributed by atoms with van der Waals surface area (Å²) in [5, 5.41) is 10.2. The van der Waals surface area contributed by atoms with Gasteiger partial charge in [-0.2, -0.15) is 0 Å². The summed E-state index contributed by atoms with van der Waals surface area (Å²) in [6.07, 6.45) is 2.15. The lowest BCUT2D eigenvalue weighted by Gasteiger charge is -2.28. The molecule has 1 aliphatic rings. The van der Waals surface area contributed by atoms with E-state index >= 15 is 0 Å². The zero-order valence-electron chi connectivity index (χ0n) is 15.7. The third-order valence-electron chi connectivity index (χ3n) is 4.83. The highest BCUT2D eigenvalue weighted by molar-refractivity contribution is 5.53. The first kappa shape index (κ1) is 18.1. The molecule has 0 atom stereocenters. The Hall–Kier alpha value is -3.26. The molecule has 2 aromatic heterocycles. The minimum atomic E-state index is -0.125. The molecule has 1 aromatic carbocycles. The van der Waals surface area contributed by atoms with Gasteiger partial charge in [0, 0.05) is 25.2 Å². The fourth-order valence-corrected chi connectivity index (χ4v) is 3.51. The minimum Gasteiger partial charge on any atom is -0.504 e. The number of nitrogens with zero attached hydrogens (tertiary/aromatic N) is 2. The average molecular weight is 383 g/mol. The number of aromatic nitrogens is 2. The van der Waals surface area contributed by atoms with E-state index in [1.165, 1.54) is 14.2 Å². The van der Waals surface area contributed by atoms with Crippen LogP contribution in [0.4, 0.5) is 0 Å². The molecular weight excluding hydrogens is 362 g/mol. The molecule has 0 amide bonds. The molecule has 4 rings (SSSR count). The van der Waals surface area contributed by atoms with Crippen LogP contribution in [0, 0.1) is 0 Å². The van der Waals surface area contributed by atoms with Gasteiger partial charge in [0.25, 0.3) is 5.56 Å². The van der Waals surface area contributed by atoms with E-state index < -0.39 is 0 Å². The number of H-pyrrole nitrogens is 1. The number of benzene rings is 1. The van der Waals surface area contributed by atoms with Crippen LogP contribution in [0.2, 0.25) is 0 Å². The van der Waals surface area contributed by atoms with Gasteiger partial charge in [0.1, 0.15) is 0 Å². The lowest BCUT2D eigenvalue weighted by molar-refractivity contribution is 0.239. The molecule has 2 N–H and O–H groups in total. The summed E-state index contributed by atoms with van der Waals surface area (Å²) >= 11 is 0. The fraction of sp³-hybridized carbons (Fsp3) is 0.300. The maximum atomic E-state index is 12.4. The smallest absolute Gasteiger partial charge is 0.254 e. The van der Waals surface area contributed by atoms with Crippen LogP contribution in [-0.2, 0) is 19.5 Å². The fourth-order valence-electron chi connectivity index (χ4n) is 3.51. The summed E-state index contributed by atoms with van der Waals surface area (Å²) < 4.78 is 15.8. The molecule has 0 aliphatic carbocycles. The summed E-state index contributed by atoms with van der Waals surface area (Å²) in [6.45, 7) is 1.83. The van der Waals surface area contributed by atoms with Gasteiger partial charge in [0.05, 0.1) is 26.2 Å². The number of hydrogen-bond donors (Lipinski definition) is 2. The quantitative estimate of drug-likeness (QED) is 0.697. The molecule has 1 aliphatic heterocycles. The van der Waals surface area contributed by atoms with E-state index in [0.29, 0.717) is 54.7 Å². The molecule has 0 bridgehead atoms. The third kappa shape index (κ3) is 3.34. The summed E-state index contributed by atoms with van der Waals surface area (Å²) in [4.78, 5) is 22.0. The standard InChI is InChI=1S/C20H21N3O5/c1-26-17-9-12(8-15(24)18(17)27-2)10-23-6-5-13-14(11-23)21-19(22-20(13)25)16-4-3-7-28-16/h3-4,7-9,24H,5-6,10-11H2,1-2H3,(H,21,22,25). The highest BCUT2D eigenvalue weighted by atomic mass is 16.5. The van der Waals surface area contributed by atoms with E-state index in [0.717, 1.165) is 11.3 Å². The van der Waals surface area contributed by atoms with Gasteiger partial charge < -0.3 is 24.0 Å². The first-order valence-corrected chi connectivity index (χ1v) is 8.91. The number of aromatic amines is 1. The van der Waals surface area contributed by atoms with Crippen molar-refractivity contribution in [2.45, 2.75) is 19.5 Å². The predicted molar refractivity (Wildman–Crippen MR) is 102 cm³/mol. The van der Waals surface area contributed by atoms with Crippen molar-refractivity contribution < 1.29 is 19.0 Å². The van der Waals surface area contributed by atoms with E-state index in [1.54, 1.807) is 24.5 Å². The molecule has 0 saturated heterocycles. The first-order valence-electron chi connectivity index (χ1n) is 8.91. The number of ether oxygens (including phenoxy) is 2. The Bertz CT molecular complexity index is 1040. The van der Waals surface area contributed by atoms with Crippen LogP contribution in [-0.4, -0.2) is 40.7 Å². The van der Waals surface area contributed by atoms with E-state index in [2.05, 4.69) is 14.9 Å². The maximum absolute atomic E-state index is 12.4. The SMILES string of the molecule is COc1cc(CN2CCc3c(nc(-c4ccco4)[nH]c3=O)C2)cc(O)c1OC. The lowest BCUT2D eigenvalue weighted by atomic mass is 10.0. The third-order valence-corrected chi connectivity index (χ3v) is 4.83. The molecule has 8 nitrogen and oxygen atoms in total. The van der Waals surface area contributed by atoms with Gasteiger partial charge in [-0.1, -0.05) is 0 Å². The summed E-state index contributed by atoms with van der Waals surface area (Å²) in [5.41, 5.74) is 2.21. The summed E-state index contributed by atoms with van der Waals surface area (Å²) in [7, 11) is 3.02. The summed E-state index contributed by atoms with van der Waals surface area (Å²) in [6, 6.07) is 7.02. The molecule has 0 spiro atoms. The number of phenolic OH excluding ortho intramolecular Hbond substituents is 1. The first-order chi connectivity index (χ1) is 13.6. The van der Waals surface area contributed by atoms with E-state index in [1.807, 2.05) is 6.07 Å². The second kappa shape index (κ2) is 7.40. The van der Waals surface area contributed by atoms with Crippen molar-refractivity contribution in [2.75, 3.05) is 20.8 Å². The number of hydrogen-bond acceptors (Lipinski definition) is 7. The van der Waals surface area contributed by atoms with Crippen molar-refractivity contribution in [2.24, 2.45) is 0 Å². The molecule has 0 unspecified atom stereocenters. The van der Waals surface area contributed by atoms with Gasteiger partial charge >= 0.3 is 0 Å². The zero-order chi connectivity index (χ0) is 19.7. The highest BCUT2D eigenvalue weighted by Gasteiger charge is 2.23. The highest BCUT2D eigenvalue weighted by Crippen LogP contribution is 2.37. The number of fused-ring (bicyclic) bond motifs is 1. The zero-order valence-corrected chi connectivity index (χ0v) is 15.7. The maximum Gasteiger partial charge on any atom is 0.254 e. The van der Waals surface area contributed by atoms with Crippen LogP contribution in [0.15, 0.2) is 39.7 Å². The molecular formula is C20H21N3O5. The van der Waals surface area contributed by atoms with Crippen LogP contribution >= 0.6 is 0 Å². The van der Waals surface area contributed by atoms with Crippen LogP contribution in [0.5, 0.6) is 17.2 Å². The molecule has 0 fully saturated rings. The Morgan fingerprint density at radius 1 is 1.32 bits per heavy atom. The van der Waals surface area contributed by atoms with Crippen molar-refractivity contribution in [1.29, 1.82) is 0 Å². The van der Waals surface area contributed by atoms with Gasteiger partial charge in [0.15, 0.2) is 23.1 Å². The van der Waals surface area contributed by atoms with Crippen LogP contribution < -0.4 is 15.0 Å². The Morgan fingerprint density at radius 3 is 2.89 bits per heavy atom. The van der Waals surface area contributed by atoms with Gasteiger partial charge in [0.2, 0.25) is 5.75 Å². The molecule has 0 saturated carbocycles. The second-order valence-electron chi connectivity index (χ2n) is 6.63. The van der Waals surface area contributed by atoms with E-state index in [9.17, 15) is 9.90 Å². The van der Waals surface area contributed by atoms with Crippen molar-refractivity contribution in [3.63, 3.8) is 0 Å². The van der Waals surface area contributed by atoms with Crippen LogP contribution in [0.1, 0.15) is 16.8 Å². The molecule has 0 radical (unpaired) electrons. The van der Waals surface area contributed by atoms with E-state index in [-0.39, 0.29) is 11.3 Å². The van der Waals surface area contributed by atoms with Crippen LogP contribution in [0.3, 0.4) is 0 Å². The second-order valence-corrected chi connectivity index (χ2v) is 6.63. The topological polar surface area (TPSA) is 101 Å².